The van der Waals surface area contributed by atoms with Gasteiger partial charge in [-0.2, -0.15) is 0 Å². The summed E-state index contributed by atoms with van der Waals surface area (Å²) in [6.45, 7) is 3.66. The van der Waals surface area contributed by atoms with Gasteiger partial charge >= 0.3 is 0 Å². The Balaban J connectivity index is 1.35. The average Bonchev–Trinajstić information content (AvgIpc) is 2.85. The van der Waals surface area contributed by atoms with Crippen LogP contribution in [0.3, 0.4) is 0 Å². The van der Waals surface area contributed by atoms with E-state index < -0.39 is 11.6 Å². The molecule has 1 saturated carbocycles. The maximum Gasteiger partial charge on any atom is 0.159 e. The first kappa shape index (κ1) is 22.4. The second-order valence-corrected chi connectivity index (χ2v) is 8.62. The summed E-state index contributed by atoms with van der Waals surface area (Å²) in [5.41, 5.74) is 5.37. The van der Waals surface area contributed by atoms with Crippen LogP contribution in [0, 0.1) is 11.6 Å². The summed E-state index contributed by atoms with van der Waals surface area (Å²) in [6.07, 6.45) is 6.37. The molecule has 0 heterocycles. The van der Waals surface area contributed by atoms with Gasteiger partial charge in [-0.15, -0.1) is 6.58 Å². The van der Waals surface area contributed by atoms with Crippen molar-refractivity contribution in [1.29, 1.82) is 0 Å². The van der Waals surface area contributed by atoms with Crippen molar-refractivity contribution >= 4 is 0 Å². The minimum absolute atomic E-state index is 0.384. The van der Waals surface area contributed by atoms with Crippen molar-refractivity contribution in [1.82, 2.24) is 0 Å². The number of hydrogen-bond acceptors (Lipinski definition) is 2. The van der Waals surface area contributed by atoms with Gasteiger partial charge in [-0.1, -0.05) is 60.7 Å². The van der Waals surface area contributed by atoms with Crippen LogP contribution in [-0.4, -0.2) is 11.4 Å². The molecule has 0 amide bonds. The molecule has 166 valence electrons. The van der Waals surface area contributed by atoms with Crippen molar-refractivity contribution in [3.63, 3.8) is 0 Å². The van der Waals surface area contributed by atoms with Crippen molar-refractivity contribution in [2.45, 2.75) is 50.0 Å². The SMILES string of the molecule is C=CC(Cc1ccc(C2CCC(c3ccc(-c4ccc(F)c(F)c4)cc3)CC2)cc1)OO. The first-order valence-electron chi connectivity index (χ1n) is 11.1. The molecule has 3 aromatic carbocycles. The van der Waals surface area contributed by atoms with Crippen molar-refractivity contribution in [3.05, 3.63) is 108 Å². The highest BCUT2D eigenvalue weighted by molar-refractivity contribution is 5.63. The summed E-state index contributed by atoms with van der Waals surface area (Å²) in [4.78, 5) is 4.40. The van der Waals surface area contributed by atoms with Gasteiger partial charge in [0, 0.05) is 6.42 Å². The number of hydrogen-bond donors (Lipinski definition) is 1. The quantitative estimate of drug-likeness (QED) is 0.235. The van der Waals surface area contributed by atoms with Crippen molar-refractivity contribution in [2.75, 3.05) is 0 Å². The molecule has 1 atom stereocenters. The fourth-order valence-corrected chi connectivity index (χ4v) is 4.71. The Labute approximate surface area is 188 Å². The lowest BCUT2D eigenvalue weighted by atomic mass is 9.76. The van der Waals surface area contributed by atoms with Gasteiger partial charge in [0.15, 0.2) is 11.6 Å². The van der Waals surface area contributed by atoms with Gasteiger partial charge in [0.25, 0.3) is 0 Å². The van der Waals surface area contributed by atoms with Gasteiger partial charge in [0.05, 0.1) is 0 Å². The molecule has 0 spiro atoms. The second-order valence-electron chi connectivity index (χ2n) is 8.62. The Bertz CT molecular complexity index is 1040. The van der Waals surface area contributed by atoms with Crippen LogP contribution >= 0.6 is 0 Å². The molecule has 32 heavy (non-hydrogen) atoms. The molecule has 1 fully saturated rings. The summed E-state index contributed by atoms with van der Waals surface area (Å²) in [7, 11) is 0. The van der Waals surface area contributed by atoms with Crippen LogP contribution < -0.4 is 0 Å². The molecule has 0 saturated heterocycles. The van der Waals surface area contributed by atoms with Crippen LogP contribution in [0.5, 0.6) is 0 Å². The third kappa shape index (κ3) is 5.14. The topological polar surface area (TPSA) is 29.5 Å². The molecule has 1 aliphatic carbocycles. The third-order valence-electron chi connectivity index (χ3n) is 6.65. The predicted molar refractivity (Wildman–Crippen MR) is 124 cm³/mol. The summed E-state index contributed by atoms with van der Waals surface area (Å²) >= 11 is 0. The smallest absolute Gasteiger partial charge is 0.159 e. The standard InChI is InChI=1S/C28H28F2O2/c1-2-26(32-31)17-19-3-5-20(6-4-19)21-7-9-22(10-8-21)23-11-13-24(14-12-23)25-15-16-27(29)28(30)18-25/h2-6,11-16,18,21-22,26,31H,1,7-10,17H2. The molecule has 2 nitrogen and oxygen atoms in total. The molecule has 1 unspecified atom stereocenters. The van der Waals surface area contributed by atoms with Crippen molar-refractivity contribution < 1.29 is 18.9 Å². The lowest BCUT2D eigenvalue weighted by Gasteiger charge is -2.29. The largest absolute Gasteiger partial charge is 0.251 e. The molecule has 0 radical (unpaired) electrons. The molecular weight excluding hydrogens is 406 g/mol. The van der Waals surface area contributed by atoms with Crippen LogP contribution in [0.15, 0.2) is 79.4 Å². The molecule has 1 N–H and O–H groups in total. The molecular formula is C28H28F2O2. The fourth-order valence-electron chi connectivity index (χ4n) is 4.71. The Morgan fingerprint density at radius 1 is 0.812 bits per heavy atom. The summed E-state index contributed by atoms with van der Waals surface area (Å²) in [5.74, 6) is -0.553. The lowest BCUT2D eigenvalue weighted by molar-refractivity contribution is -0.265. The zero-order valence-corrected chi connectivity index (χ0v) is 18.0. The zero-order valence-electron chi connectivity index (χ0n) is 18.0. The monoisotopic (exact) mass is 434 g/mol. The van der Waals surface area contributed by atoms with E-state index in [4.69, 9.17) is 5.26 Å². The summed E-state index contributed by atoms with van der Waals surface area (Å²) in [5, 5.41) is 8.86. The average molecular weight is 435 g/mol. The Morgan fingerprint density at radius 3 is 1.84 bits per heavy atom. The van der Waals surface area contributed by atoms with Crippen LogP contribution in [0.25, 0.3) is 11.1 Å². The highest BCUT2D eigenvalue weighted by Crippen LogP contribution is 2.41. The minimum Gasteiger partial charge on any atom is -0.251 e. The Morgan fingerprint density at radius 2 is 1.34 bits per heavy atom. The van der Waals surface area contributed by atoms with Gasteiger partial charge in [-0.25, -0.2) is 13.7 Å². The molecule has 0 aliphatic heterocycles. The van der Waals surface area contributed by atoms with Crippen LogP contribution in [-0.2, 0) is 11.3 Å². The van der Waals surface area contributed by atoms with E-state index in [9.17, 15) is 8.78 Å². The van der Waals surface area contributed by atoms with Gasteiger partial charge in [0.1, 0.15) is 6.10 Å². The van der Waals surface area contributed by atoms with Crippen molar-refractivity contribution in [2.24, 2.45) is 0 Å². The normalized spacial score (nSPS) is 19.5. The van der Waals surface area contributed by atoms with E-state index in [0.717, 1.165) is 36.8 Å². The van der Waals surface area contributed by atoms with Gasteiger partial charge < -0.3 is 0 Å². The number of benzene rings is 3. The van der Waals surface area contributed by atoms with Crippen LogP contribution in [0.2, 0.25) is 0 Å². The predicted octanol–water partition coefficient (Wildman–Crippen LogP) is 7.66. The Kier molecular flexibility index (Phi) is 7.13. The fraction of sp³-hybridized carbons (Fsp3) is 0.286. The highest BCUT2D eigenvalue weighted by atomic mass is 19.2. The molecule has 0 bridgehead atoms. The van der Waals surface area contributed by atoms with Crippen molar-refractivity contribution in [3.8, 4) is 11.1 Å². The van der Waals surface area contributed by atoms with E-state index in [0.29, 0.717) is 23.8 Å². The van der Waals surface area contributed by atoms with Gasteiger partial charge in [-0.3, -0.25) is 5.26 Å². The van der Waals surface area contributed by atoms with E-state index >= 15 is 0 Å². The van der Waals surface area contributed by atoms with E-state index in [1.54, 1.807) is 12.1 Å². The number of rotatable bonds is 7. The Hall–Kier alpha value is -2.82. The minimum atomic E-state index is -0.822. The third-order valence-corrected chi connectivity index (χ3v) is 6.65. The van der Waals surface area contributed by atoms with Gasteiger partial charge in [-0.05, 0) is 77.5 Å². The van der Waals surface area contributed by atoms with Crippen LogP contribution in [0.4, 0.5) is 8.78 Å². The van der Waals surface area contributed by atoms with E-state index in [1.807, 2.05) is 12.1 Å². The molecule has 0 aromatic heterocycles. The summed E-state index contributed by atoms with van der Waals surface area (Å²) in [6, 6.07) is 20.9. The lowest BCUT2D eigenvalue weighted by Crippen LogP contribution is -2.13. The van der Waals surface area contributed by atoms with Crippen LogP contribution in [0.1, 0.15) is 54.2 Å². The zero-order chi connectivity index (χ0) is 22.5. The molecule has 4 rings (SSSR count). The first-order chi connectivity index (χ1) is 15.6. The molecule has 1 aliphatic rings. The summed E-state index contributed by atoms with van der Waals surface area (Å²) < 4.78 is 26.7. The second kappa shape index (κ2) is 10.2. The molecule has 3 aromatic rings. The molecule has 4 heteroatoms. The first-order valence-corrected chi connectivity index (χ1v) is 11.1. The maximum atomic E-state index is 13.5. The van der Waals surface area contributed by atoms with Gasteiger partial charge in [0.2, 0.25) is 0 Å². The number of halogens is 2. The van der Waals surface area contributed by atoms with E-state index in [1.165, 1.54) is 23.3 Å². The highest BCUT2D eigenvalue weighted by Gasteiger charge is 2.23. The maximum absolute atomic E-state index is 13.5. The van der Waals surface area contributed by atoms with E-state index in [2.05, 4.69) is 47.9 Å². The van der Waals surface area contributed by atoms with E-state index in [-0.39, 0.29) is 6.10 Å².